The molecule has 5 heteroatoms. The van der Waals surface area contributed by atoms with Crippen LogP contribution in [-0.2, 0) is 4.74 Å². The number of benzene rings is 1. The maximum atomic E-state index is 13.3. The number of anilines is 1. The van der Waals surface area contributed by atoms with Gasteiger partial charge in [-0.2, -0.15) is 0 Å². The highest BCUT2D eigenvalue weighted by Gasteiger charge is 2.27. The molecule has 1 aromatic carbocycles. The number of morpholine rings is 1. The molecule has 1 aliphatic rings. The van der Waals surface area contributed by atoms with Crippen molar-refractivity contribution >= 4 is 11.5 Å². The van der Waals surface area contributed by atoms with Crippen molar-refractivity contribution in [1.29, 1.82) is 5.41 Å². The van der Waals surface area contributed by atoms with Crippen molar-refractivity contribution in [3.05, 3.63) is 29.6 Å². The summed E-state index contributed by atoms with van der Waals surface area (Å²) in [6.45, 7) is 5.47. The van der Waals surface area contributed by atoms with Gasteiger partial charge in [0.1, 0.15) is 11.7 Å². The van der Waals surface area contributed by atoms with Crippen LogP contribution < -0.4 is 10.6 Å². The lowest BCUT2D eigenvalue weighted by Crippen LogP contribution is -2.49. The average Bonchev–Trinajstić information content (AvgIpc) is 2.38. The molecule has 0 spiro atoms. The Hall–Kier alpha value is -1.62. The summed E-state index contributed by atoms with van der Waals surface area (Å²) < 4.78 is 19.0. The lowest BCUT2D eigenvalue weighted by molar-refractivity contribution is 0.0299. The predicted octanol–water partition coefficient (Wildman–Crippen LogP) is 2.11. The summed E-state index contributed by atoms with van der Waals surface area (Å²) in [5, 5.41) is 7.62. The van der Waals surface area contributed by atoms with Crippen LogP contribution in [-0.4, -0.2) is 31.1 Å². The molecule has 0 saturated carbocycles. The molecular weight excluding hydrogens is 245 g/mol. The fourth-order valence-electron chi connectivity index (χ4n) is 2.45. The summed E-state index contributed by atoms with van der Waals surface area (Å²) in [6, 6.07) is 4.67. The summed E-state index contributed by atoms with van der Waals surface area (Å²) >= 11 is 0. The maximum absolute atomic E-state index is 13.3. The Labute approximate surface area is 112 Å². The van der Waals surface area contributed by atoms with Gasteiger partial charge in [0.15, 0.2) is 0 Å². The van der Waals surface area contributed by atoms with E-state index in [1.54, 1.807) is 6.07 Å². The van der Waals surface area contributed by atoms with Crippen LogP contribution in [0.25, 0.3) is 0 Å². The van der Waals surface area contributed by atoms with Gasteiger partial charge in [-0.15, -0.1) is 0 Å². The van der Waals surface area contributed by atoms with E-state index in [9.17, 15) is 4.39 Å². The summed E-state index contributed by atoms with van der Waals surface area (Å²) in [6.07, 6.45) is 1.05. The van der Waals surface area contributed by atoms with Crippen LogP contribution in [0.15, 0.2) is 18.2 Å². The van der Waals surface area contributed by atoms with E-state index in [4.69, 9.17) is 15.9 Å². The molecule has 1 saturated heterocycles. The van der Waals surface area contributed by atoms with Crippen LogP contribution in [0.2, 0.25) is 0 Å². The van der Waals surface area contributed by atoms with Gasteiger partial charge in [-0.3, -0.25) is 5.41 Å². The molecule has 0 aliphatic carbocycles. The van der Waals surface area contributed by atoms with Gasteiger partial charge in [-0.05, 0) is 31.5 Å². The van der Waals surface area contributed by atoms with Crippen molar-refractivity contribution in [2.75, 3.05) is 18.1 Å². The van der Waals surface area contributed by atoms with Crippen LogP contribution in [0.5, 0.6) is 0 Å². The van der Waals surface area contributed by atoms with E-state index in [-0.39, 0.29) is 23.8 Å². The van der Waals surface area contributed by atoms with E-state index in [1.807, 2.05) is 6.92 Å². The Morgan fingerprint density at radius 2 is 2.32 bits per heavy atom. The smallest absolute Gasteiger partial charge is 0.125 e. The molecule has 1 fully saturated rings. The molecule has 19 heavy (non-hydrogen) atoms. The number of ether oxygens (including phenoxy) is 1. The Bertz CT molecular complexity index is 478. The van der Waals surface area contributed by atoms with Gasteiger partial charge in [0.25, 0.3) is 0 Å². The summed E-state index contributed by atoms with van der Waals surface area (Å²) in [4.78, 5) is 2.17. The Kier molecular flexibility index (Phi) is 4.04. The molecule has 0 radical (unpaired) electrons. The number of nitrogens with one attached hydrogen (secondary N) is 1. The monoisotopic (exact) mass is 265 g/mol. The number of rotatable bonds is 3. The SMILES string of the molecule is CCC1COC(C)CN1c1ccc(F)cc1C(=N)N. The van der Waals surface area contributed by atoms with Crippen molar-refractivity contribution in [2.24, 2.45) is 5.73 Å². The number of hydrogen-bond donors (Lipinski definition) is 2. The highest BCUT2D eigenvalue weighted by atomic mass is 19.1. The van der Waals surface area contributed by atoms with Crippen LogP contribution in [0.3, 0.4) is 0 Å². The van der Waals surface area contributed by atoms with E-state index in [0.29, 0.717) is 12.2 Å². The minimum absolute atomic E-state index is 0.108. The zero-order valence-corrected chi connectivity index (χ0v) is 11.3. The van der Waals surface area contributed by atoms with Gasteiger partial charge in [0.2, 0.25) is 0 Å². The van der Waals surface area contributed by atoms with Crippen molar-refractivity contribution in [2.45, 2.75) is 32.4 Å². The van der Waals surface area contributed by atoms with Crippen LogP contribution in [0.4, 0.5) is 10.1 Å². The predicted molar refractivity (Wildman–Crippen MR) is 74.3 cm³/mol. The number of nitrogens with zero attached hydrogens (tertiary/aromatic N) is 1. The second kappa shape index (κ2) is 5.57. The first-order chi connectivity index (χ1) is 9.02. The minimum atomic E-state index is -0.372. The van der Waals surface area contributed by atoms with E-state index >= 15 is 0 Å². The second-order valence-corrected chi connectivity index (χ2v) is 4.93. The summed E-state index contributed by atoms with van der Waals surface area (Å²) in [5.74, 6) is -0.480. The Morgan fingerprint density at radius 1 is 1.58 bits per heavy atom. The van der Waals surface area contributed by atoms with Crippen molar-refractivity contribution < 1.29 is 9.13 Å². The molecule has 2 rings (SSSR count). The molecule has 3 N–H and O–H groups in total. The fourth-order valence-corrected chi connectivity index (χ4v) is 2.45. The molecule has 4 nitrogen and oxygen atoms in total. The van der Waals surface area contributed by atoms with Gasteiger partial charge < -0.3 is 15.4 Å². The Balaban J connectivity index is 2.40. The summed E-state index contributed by atoms with van der Waals surface area (Å²) in [7, 11) is 0. The first-order valence-corrected chi connectivity index (χ1v) is 6.55. The third kappa shape index (κ3) is 2.87. The first kappa shape index (κ1) is 13.8. The van der Waals surface area contributed by atoms with E-state index in [2.05, 4.69) is 11.8 Å². The number of nitrogen functional groups attached to an aromatic ring is 1. The van der Waals surface area contributed by atoms with E-state index < -0.39 is 0 Å². The normalized spacial score (nSPS) is 23.4. The summed E-state index contributed by atoms with van der Waals surface area (Å²) in [5.41, 5.74) is 6.84. The van der Waals surface area contributed by atoms with Gasteiger partial charge in [-0.1, -0.05) is 6.92 Å². The molecule has 104 valence electrons. The lowest BCUT2D eigenvalue weighted by Gasteiger charge is -2.40. The van der Waals surface area contributed by atoms with Gasteiger partial charge in [-0.25, -0.2) is 4.39 Å². The average molecular weight is 265 g/mol. The topological polar surface area (TPSA) is 62.3 Å². The third-order valence-electron chi connectivity index (χ3n) is 3.50. The quantitative estimate of drug-likeness (QED) is 0.650. The van der Waals surface area contributed by atoms with Crippen LogP contribution in [0, 0.1) is 11.2 Å². The molecule has 0 amide bonds. The molecule has 0 aromatic heterocycles. The van der Waals surface area contributed by atoms with Crippen molar-refractivity contribution in [1.82, 2.24) is 0 Å². The third-order valence-corrected chi connectivity index (χ3v) is 3.50. The highest BCUT2D eigenvalue weighted by Crippen LogP contribution is 2.27. The molecular formula is C14H20FN3O. The second-order valence-electron chi connectivity index (χ2n) is 4.93. The van der Waals surface area contributed by atoms with Crippen LogP contribution in [0.1, 0.15) is 25.8 Å². The van der Waals surface area contributed by atoms with E-state index in [0.717, 1.165) is 18.7 Å². The highest BCUT2D eigenvalue weighted by molar-refractivity contribution is 6.00. The fraction of sp³-hybridized carbons (Fsp3) is 0.500. The van der Waals surface area contributed by atoms with Gasteiger partial charge >= 0.3 is 0 Å². The molecule has 2 unspecified atom stereocenters. The van der Waals surface area contributed by atoms with Crippen molar-refractivity contribution in [3.63, 3.8) is 0 Å². The Morgan fingerprint density at radius 3 is 2.95 bits per heavy atom. The van der Waals surface area contributed by atoms with E-state index in [1.165, 1.54) is 12.1 Å². The number of amidine groups is 1. The first-order valence-electron chi connectivity index (χ1n) is 6.55. The minimum Gasteiger partial charge on any atom is -0.384 e. The lowest BCUT2D eigenvalue weighted by atomic mass is 10.1. The zero-order chi connectivity index (χ0) is 14.0. The molecule has 1 heterocycles. The number of nitrogens with two attached hydrogens (primary N) is 1. The maximum Gasteiger partial charge on any atom is 0.125 e. The number of hydrogen-bond acceptors (Lipinski definition) is 3. The molecule has 2 atom stereocenters. The molecule has 1 aromatic rings. The largest absolute Gasteiger partial charge is 0.384 e. The van der Waals surface area contributed by atoms with Gasteiger partial charge in [0, 0.05) is 17.8 Å². The molecule has 0 bridgehead atoms. The standard InChI is InChI=1S/C14H20FN3O/c1-3-11-8-19-9(2)7-18(11)13-5-4-10(15)6-12(13)14(16)17/h4-6,9,11H,3,7-8H2,1-2H3,(H3,16,17). The van der Waals surface area contributed by atoms with Crippen LogP contribution >= 0.6 is 0 Å². The number of halogens is 1. The molecule has 1 aliphatic heterocycles. The zero-order valence-electron chi connectivity index (χ0n) is 11.3. The van der Waals surface area contributed by atoms with Crippen molar-refractivity contribution in [3.8, 4) is 0 Å². The van der Waals surface area contributed by atoms with Gasteiger partial charge in [0.05, 0.1) is 18.8 Å².